The van der Waals surface area contributed by atoms with Crippen LogP contribution < -0.4 is 5.32 Å². The third-order valence-electron chi connectivity index (χ3n) is 3.79. The molecule has 0 saturated heterocycles. The van der Waals surface area contributed by atoms with Crippen LogP contribution in [0, 0.1) is 17.2 Å². The van der Waals surface area contributed by atoms with Crippen LogP contribution in [-0.4, -0.2) is 6.04 Å². The number of hydrogen-bond donors (Lipinski definition) is 1. The van der Waals surface area contributed by atoms with E-state index in [-0.39, 0.29) is 5.82 Å². The fourth-order valence-electron chi connectivity index (χ4n) is 3.06. The summed E-state index contributed by atoms with van der Waals surface area (Å²) >= 11 is 0. The molecule has 0 spiro atoms. The topological polar surface area (TPSA) is 12.0 Å². The highest BCUT2D eigenvalue weighted by Gasteiger charge is 2.36. The fourth-order valence-corrected chi connectivity index (χ4v) is 3.06. The maximum Gasteiger partial charge on any atom is 0.123 e. The zero-order valence-corrected chi connectivity index (χ0v) is 11.0. The molecule has 0 radical (unpaired) electrons. The van der Waals surface area contributed by atoms with Crippen LogP contribution in [-0.2, 0) is 6.54 Å². The molecule has 0 aromatic heterocycles. The molecular formula is C15H22FN. The average molecular weight is 235 g/mol. The third kappa shape index (κ3) is 3.29. The summed E-state index contributed by atoms with van der Waals surface area (Å²) in [6.45, 7) is 7.72. The summed E-state index contributed by atoms with van der Waals surface area (Å²) in [5.74, 6) is 0.558. The minimum atomic E-state index is -0.149. The van der Waals surface area contributed by atoms with Crippen LogP contribution in [0.15, 0.2) is 24.3 Å². The van der Waals surface area contributed by atoms with Crippen LogP contribution in [0.25, 0.3) is 0 Å². The third-order valence-corrected chi connectivity index (χ3v) is 3.79. The van der Waals surface area contributed by atoms with Crippen molar-refractivity contribution in [3.8, 4) is 0 Å². The minimum absolute atomic E-state index is 0.149. The summed E-state index contributed by atoms with van der Waals surface area (Å²) in [5, 5.41) is 3.56. The Kier molecular flexibility index (Phi) is 3.53. The SMILES string of the molecule is CC1CC(C)(C)CC1NCc1cccc(F)c1. The van der Waals surface area contributed by atoms with E-state index in [1.165, 1.54) is 18.9 Å². The van der Waals surface area contributed by atoms with Crippen molar-refractivity contribution in [1.29, 1.82) is 0 Å². The molecule has 2 unspecified atom stereocenters. The molecule has 0 amide bonds. The van der Waals surface area contributed by atoms with Gasteiger partial charge in [-0.2, -0.15) is 0 Å². The highest BCUT2D eigenvalue weighted by molar-refractivity contribution is 5.16. The number of nitrogens with one attached hydrogen (secondary N) is 1. The summed E-state index contributed by atoms with van der Waals surface area (Å²) in [5.41, 5.74) is 1.47. The standard InChI is InChI=1S/C15H22FN/c1-11-8-15(2,3)9-14(11)17-10-12-5-4-6-13(16)7-12/h4-7,11,14,17H,8-10H2,1-3H3. The van der Waals surface area contributed by atoms with Gasteiger partial charge >= 0.3 is 0 Å². The van der Waals surface area contributed by atoms with Gasteiger partial charge in [0.15, 0.2) is 0 Å². The second-order valence-corrected chi connectivity index (χ2v) is 6.17. The van der Waals surface area contributed by atoms with Crippen molar-refractivity contribution in [3.05, 3.63) is 35.6 Å². The van der Waals surface area contributed by atoms with Crippen LogP contribution in [0.3, 0.4) is 0 Å². The average Bonchev–Trinajstić information content (AvgIpc) is 2.49. The van der Waals surface area contributed by atoms with Gasteiger partial charge in [0.1, 0.15) is 5.82 Å². The summed E-state index contributed by atoms with van der Waals surface area (Å²) < 4.78 is 13.0. The molecule has 17 heavy (non-hydrogen) atoms. The highest BCUT2D eigenvalue weighted by atomic mass is 19.1. The number of halogens is 1. The van der Waals surface area contributed by atoms with E-state index in [1.54, 1.807) is 12.1 Å². The van der Waals surface area contributed by atoms with E-state index in [4.69, 9.17) is 0 Å². The van der Waals surface area contributed by atoms with Gasteiger partial charge in [0.2, 0.25) is 0 Å². The summed E-state index contributed by atoms with van der Waals surface area (Å²) in [6.07, 6.45) is 2.48. The van der Waals surface area contributed by atoms with Crippen molar-refractivity contribution in [3.63, 3.8) is 0 Å². The summed E-state index contributed by atoms with van der Waals surface area (Å²) in [4.78, 5) is 0. The van der Waals surface area contributed by atoms with Crippen molar-refractivity contribution in [2.45, 2.75) is 46.2 Å². The molecule has 2 heteroatoms. The van der Waals surface area contributed by atoms with E-state index < -0.39 is 0 Å². The van der Waals surface area contributed by atoms with Crippen LogP contribution >= 0.6 is 0 Å². The van der Waals surface area contributed by atoms with E-state index in [9.17, 15) is 4.39 Å². The van der Waals surface area contributed by atoms with Gasteiger partial charge in [-0.25, -0.2) is 4.39 Å². The lowest BCUT2D eigenvalue weighted by atomic mass is 9.91. The summed E-state index contributed by atoms with van der Waals surface area (Å²) in [7, 11) is 0. The van der Waals surface area contributed by atoms with E-state index in [0.29, 0.717) is 17.4 Å². The van der Waals surface area contributed by atoms with Crippen LogP contribution in [0.2, 0.25) is 0 Å². The normalized spacial score (nSPS) is 27.3. The molecule has 1 N–H and O–H groups in total. The zero-order chi connectivity index (χ0) is 12.5. The zero-order valence-electron chi connectivity index (χ0n) is 11.0. The van der Waals surface area contributed by atoms with Crippen LogP contribution in [0.5, 0.6) is 0 Å². The molecule has 0 bridgehead atoms. The van der Waals surface area contributed by atoms with Gasteiger partial charge in [-0.1, -0.05) is 32.9 Å². The van der Waals surface area contributed by atoms with Gasteiger partial charge in [-0.15, -0.1) is 0 Å². The Morgan fingerprint density at radius 3 is 2.71 bits per heavy atom. The monoisotopic (exact) mass is 235 g/mol. The van der Waals surface area contributed by atoms with Crippen molar-refractivity contribution in [2.24, 2.45) is 11.3 Å². The van der Waals surface area contributed by atoms with Crippen molar-refractivity contribution < 1.29 is 4.39 Å². The van der Waals surface area contributed by atoms with Gasteiger partial charge in [-0.3, -0.25) is 0 Å². The Morgan fingerprint density at radius 2 is 2.12 bits per heavy atom. The Balaban J connectivity index is 1.91. The lowest BCUT2D eigenvalue weighted by Gasteiger charge is -2.18. The molecular weight excluding hydrogens is 213 g/mol. The lowest BCUT2D eigenvalue weighted by molar-refractivity contribution is 0.362. The van der Waals surface area contributed by atoms with Gasteiger partial charge in [0, 0.05) is 12.6 Å². The van der Waals surface area contributed by atoms with Crippen molar-refractivity contribution in [2.75, 3.05) is 0 Å². The molecule has 2 atom stereocenters. The number of benzene rings is 1. The molecule has 1 aliphatic carbocycles. The Hall–Kier alpha value is -0.890. The maximum absolute atomic E-state index is 13.0. The second kappa shape index (κ2) is 4.77. The first-order chi connectivity index (χ1) is 7.96. The van der Waals surface area contributed by atoms with Gasteiger partial charge in [0.05, 0.1) is 0 Å². The maximum atomic E-state index is 13.0. The highest BCUT2D eigenvalue weighted by Crippen LogP contribution is 2.40. The first kappa shape index (κ1) is 12.6. The van der Waals surface area contributed by atoms with Crippen molar-refractivity contribution >= 4 is 0 Å². The summed E-state index contributed by atoms with van der Waals surface area (Å²) in [6, 6.07) is 7.41. The molecule has 1 nitrogen and oxygen atoms in total. The molecule has 1 aliphatic rings. The molecule has 2 rings (SSSR count). The fraction of sp³-hybridized carbons (Fsp3) is 0.600. The molecule has 1 fully saturated rings. The minimum Gasteiger partial charge on any atom is -0.310 e. The van der Waals surface area contributed by atoms with Gasteiger partial charge in [-0.05, 0) is 41.9 Å². The first-order valence-corrected chi connectivity index (χ1v) is 6.44. The molecule has 1 saturated carbocycles. The molecule has 1 aromatic carbocycles. The van der Waals surface area contributed by atoms with Crippen LogP contribution in [0.1, 0.15) is 39.2 Å². The predicted molar refractivity (Wildman–Crippen MR) is 69.2 cm³/mol. The Labute approximate surface area is 103 Å². The van der Waals surface area contributed by atoms with Gasteiger partial charge in [0.25, 0.3) is 0 Å². The van der Waals surface area contributed by atoms with Crippen molar-refractivity contribution in [1.82, 2.24) is 5.32 Å². The second-order valence-electron chi connectivity index (χ2n) is 6.17. The Morgan fingerprint density at radius 1 is 1.35 bits per heavy atom. The quantitative estimate of drug-likeness (QED) is 0.841. The Bertz CT molecular complexity index is 386. The predicted octanol–water partition coefficient (Wildman–Crippen LogP) is 3.74. The van der Waals surface area contributed by atoms with E-state index in [2.05, 4.69) is 26.1 Å². The van der Waals surface area contributed by atoms with Gasteiger partial charge < -0.3 is 5.32 Å². The largest absolute Gasteiger partial charge is 0.310 e. The molecule has 94 valence electrons. The van der Waals surface area contributed by atoms with E-state index in [0.717, 1.165) is 12.1 Å². The number of hydrogen-bond acceptors (Lipinski definition) is 1. The van der Waals surface area contributed by atoms with E-state index in [1.807, 2.05) is 6.07 Å². The first-order valence-electron chi connectivity index (χ1n) is 6.44. The molecule has 1 aromatic rings. The van der Waals surface area contributed by atoms with Crippen LogP contribution in [0.4, 0.5) is 4.39 Å². The lowest BCUT2D eigenvalue weighted by Crippen LogP contribution is -2.31. The number of rotatable bonds is 3. The molecule has 0 aliphatic heterocycles. The smallest absolute Gasteiger partial charge is 0.123 e. The van der Waals surface area contributed by atoms with E-state index >= 15 is 0 Å². The molecule has 0 heterocycles.